The first-order valence-corrected chi connectivity index (χ1v) is 30.2. The number of nitrogens with zero attached hydrogens (tertiary/aromatic N) is 3. The first kappa shape index (κ1) is 50.6. The average molecular weight is 1090 g/mol. The zero-order chi connectivity index (χ0) is 56.9. The minimum Gasteiger partial charge on any atom is -0.456 e. The van der Waals surface area contributed by atoms with E-state index in [1.165, 1.54) is 88.5 Å². The van der Waals surface area contributed by atoms with E-state index in [0.717, 1.165) is 86.3 Å². The van der Waals surface area contributed by atoms with Crippen LogP contribution in [0.2, 0.25) is 0 Å². The molecule has 0 radical (unpaired) electrons. The lowest BCUT2D eigenvalue weighted by molar-refractivity contribution is 0.590. The maximum absolute atomic E-state index is 7.26. The number of hydrogen-bond acceptors (Lipinski definition) is 3. The Morgan fingerprint density at radius 1 is 0.400 bits per heavy atom. The van der Waals surface area contributed by atoms with Crippen LogP contribution in [0.4, 0.5) is 34.1 Å². The molecule has 16 rings (SSSR count). The second-order valence-electron chi connectivity index (χ2n) is 24.2. The monoisotopic (exact) mass is 1090 g/mol. The van der Waals surface area contributed by atoms with Gasteiger partial charge in [0.25, 0.3) is 6.71 Å². The summed E-state index contributed by atoms with van der Waals surface area (Å²) in [5.74, 6) is 0. The summed E-state index contributed by atoms with van der Waals surface area (Å²) in [5, 5.41) is 4.75. The molecule has 12 aromatic carbocycles. The van der Waals surface area contributed by atoms with Crippen molar-refractivity contribution in [3.63, 3.8) is 0 Å². The second-order valence-corrected chi connectivity index (χ2v) is 24.2. The largest absolute Gasteiger partial charge is 0.456 e. The van der Waals surface area contributed by atoms with E-state index in [2.05, 4.69) is 309 Å². The molecule has 2 aliphatic rings. The predicted octanol–water partition coefficient (Wildman–Crippen LogP) is 20.1. The van der Waals surface area contributed by atoms with Crippen molar-refractivity contribution >= 4 is 101 Å². The lowest BCUT2D eigenvalue weighted by Gasteiger charge is -2.46. The molecule has 2 aromatic heterocycles. The third kappa shape index (κ3) is 8.12. The van der Waals surface area contributed by atoms with Crippen LogP contribution in [0.5, 0.6) is 0 Å². The van der Waals surface area contributed by atoms with Crippen LogP contribution in [0.3, 0.4) is 0 Å². The van der Waals surface area contributed by atoms with Crippen LogP contribution in [0.15, 0.2) is 271 Å². The average Bonchev–Trinajstić information content (AvgIpc) is 1.95. The molecular weight excluding hydrogens is 1030 g/mol. The first-order chi connectivity index (χ1) is 41.8. The molecule has 0 aliphatic carbocycles. The summed E-state index contributed by atoms with van der Waals surface area (Å²) in [6, 6.07) is 99.6. The Morgan fingerprint density at radius 3 is 1.54 bits per heavy atom. The molecule has 0 bridgehead atoms. The number of fused-ring (bicyclic) bond motifs is 10. The number of aromatic nitrogens is 1. The highest BCUT2D eigenvalue weighted by Gasteiger charge is 2.46. The van der Waals surface area contributed by atoms with E-state index in [-0.39, 0.29) is 12.1 Å². The van der Waals surface area contributed by atoms with E-state index < -0.39 is 0 Å². The van der Waals surface area contributed by atoms with E-state index in [1.807, 2.05) is 0 Å². The van der Waals surface area contributed by atoms with Gasteiger partial charge in [-0.05, 0) is 123 Å². The predicted molar refractivity (Wildman–Crippen MR) is 361 cm³/mol. The van der Waals surface area contributed by atoms with Crippen molar-refractivity contribution in [1.82, 2.24) is 4.57 Å². The van der Waals surface area contributed by atoms with Gasteiger partial charge in [0.1, 0.15) is 11.2 Å². The highest BCUT2D eigenvalue weighted by atomic mass is 16.3. The van der Waals surface area contributed by atoms with Gasteiger partial charge in [0.15, 0.2) is 0 Å². The molecule has 4 heterocycles. The molecule has 2 aliphatic heterocycles. The summed E-state index contributed by atoms with van der Waals surface area (Å²) < 4.78 is 9.75. The van der Waals surface area contributed by atoms with Gasteiger partial charge in [-0.25, -0.2) is 0 Å². The Labute approximate surface area is 497 Å². The Kier molecular flexibility index (Phi) is 12.0. The number of aryl methyl sites for hydroxylation is 1. The highest BCUT2D eigenvalue weighted by molar-refractivity contribution is 7.00. The van der Waals surface area contributed by atoms with Gasteiger partial charge in [-0.2, -0.15) is 0 Å². The summed E-state index contributed by atoms with van der Waals surface area (Å²) >= 11 is 0. The van der Waals surface area contributed by atoms with E-state index in [9.17, 15) is 0 Å². The van der Waals surface area contributed by atoms with Crippen molar-refractivity contribution in [2.45, 2.75) is 52.4 Å². The van der Waals surface area contributed by atoms with Gasteiger partial charge in [-0.1, -0.05) is 246 Å². The molecule has 0 saturated carbocycles. The fourth-order valence-corrected chi connectivity index (χ4v) is 14.1. The van der Waals surface area contributed by atoms with Crippen molar-refractivity contribution in [1.29, 1.82) is 0 Å². The lowest BCUT2D eigenvalue weighted by atomic mass is 9.33. The van der Waals surface area contributed by atoms with E-state index in [1.54, 1.807) is 0 Å². The molecular formula is C80H62BN3O. The third-order valence-corrected chi connectivity index (χ3v) is 18.1. The van der Waals surface area contributed by atoms with Gasteiger partial charge in [0.2, 0.25) is 0 Å². The SMILES string of the molecule is CCCCc1c(N2c3cc(-n4c5ccccc5c5ccccc54)ccc3B3c4cc(-c5ccccc5)ccc4N(c4c(-c5ccccc5)cccc4-c4ccccc4)c4cc(C(C)(C)C)cc2c43)c(-c2ccccc2)cc2c1oc1ccccc12. The maximum atomic E-state index is 7.26. The topological polar surface area (TPSA) is 24.6 Å². The van der Waals surface area contributed by atoms with Crippen LogP contribution in [0.1, 0.15) is 51.7 Å². The smallest absolute Gasteiger partial charge is 0.252 e. The van der Waals surface area contributed by atoms with Gasteiger partial charge >= 0.3 is 0 Å². The summed E-state index contributed by atoms with van der Waals surface area (Å²) in [6.07, 6.45) is 2.85. The third-order valence-electron chi connectivity index (χ3n) is 18.1. The first-order valence-electron chi connectivity index (χ1n) is 30.2. The van der Waals surface area contributed by atoms with Crippen molar-refractivity contribution in [2.24, 2.45) is 0 Å². The molecule has 0 N–H and O–H groups in total. The number of rotatable bonds is 10. The lowest BCUT2D eigenvalue weighted by Crippen LogP contribution is -2.61. The van der Waals surface area contributed by atoms with Gasteiger partial charge in [-0.15, -0.1) is 0 Å². The number of anilines is 6. The summed E-state index contributed by atoms with van der Waals surface area (Å²) in [6.45, 7) is 9.27. The van der Waals surface area contributed by atoms with Crippen LogP contribution < -0.4 is 26.2 Å². The number of furan rings is 1. The van der Waals surface area contributed by atoms with Crippen LogP contribution in [0.25, 0.3) is 93.9 Å². The highest BCUT2D eigenvalue weighted by Crippen LogP contribution is 2.54. The zero-order valence-electron chi connectivity index (χ0n) is 48.4. The standard InChI is InChI=1S/C80H62BN3O/c1-5-6-34-64-78(65(55-32-17-10-18-33-55)51-66-63-37-21-24-42-75(63)85-79(64)66)84-72-50-58(82-69-40-22-19-35-61(69)62-36-20-23-41-70(62)82)44-45-67(72)81-68-47-56(52-26-11-7-12-27-52)43-46-71(68)83(73-48-57(80(2,3)4)49-74(84)76(73)81)77-59(53-28-13-8-14-29-53)38-25-39-60(77)54-30-15-9-16-31-54/h7-33,35-51H,5-6,34H2,1-4H3. The van der Waals surface area contributed by atoms with Crippen LogP contribution in [-0.2, 0) is 11.8 Å². The number of benzene rings is 12. The summed E-state index contributed by atoms with van der Waals surface area (Å²) in [4.78, 5) is 5.37. The van der Waals surface area contributed by atoms with Gasteiger partial charge < -0.3 is 18.8 Å². The molecule has 0 unspecified atom stereocenters. The Bertz CT molecular complexity index is 4810. The Morgan fingerprint density at radius 2 is 0.941 bits per heavy atom. The molecule has 14 aromatic rings. The fraction of sp³-hybridized carbons (Fsp3) is 0.100. The zero-order valence-corrected chi connectivity index (χ0v) is 48.4. The minimum absolute atomic E-state index is 0.175. The number of unbranched alkanes of at least 4 members (excludes halogenated alkanes) is 1. The molecule has 0 saturated heterocycles. The maximum Gasteiger partial charge on any atom is 0.252 e. The fourth-order valence-electron chi connectivity index (χ4n) is 14.1. The molecule has 0 atom stereocenters. The van der Waals surface area contributed by atoms with Gasteiger partial charge in [-0.3, -0.25) is 0 Å². The van der Waals surface area contributed by atoms with Crippen LogP contribution >= 0.6 is 0 Å². The van der Waals surface area contributed by atoms with Crippen LogP contribution in [0, 0.1) is 0 Å². The number of para-hydroxylation sites is 4. The molecule has 406 valence electrons. The van der Waals surface area contributed by atoms with Crippen LogP contribution in [-0.4, -0.2) is 11.3 Å². The van der Waals surface area contributed by atoms with Crippen molar-refractivity contribution in [3.8, 4) is 50.2 Å². The van der Waals surface area contributed by atoms with Crippen molar-refractivity contribution < 1.29 is 4.42 Å². The number of hydrogen-bond donors (Lipinski definition) is 0. The van der Waals surface area contributed by atoms with Crippen molar-refractivity contribution in [3.05, 3.63) is 278 Å². The molecule has 0 fully saturated rings. The Hall–Kier alpha value is -10.1. The van der Waals surface area contributed by atoms with Crippen molar-refractivity contribution in [2.75, 3.05) is 9.80 Å². The van der Waals surface area contributed by atoms with Gasteiger partial charge in [0, 0.05) is 72.2 Å². The summed E-state index contributed by atoms with van der Waals surface area (Å²) in [5.41, 5.74) is 27.6. The van der Waals surface area contributed by atoms with E-state index in [0.29, 0.717) is 0 Å². The van der Waals surface area contributed by atoms with E-state index >= 15 is 0 Å². The quantitative estimate of drug-likeness (QED) is 0.128. The second kappa shape index (κ2) is 20.1. The molecule has 0 amide bonds. The minimum atomic E-state index is -0.266. The normalized spacial score (nSPS) is 12.8. The Balaban J connectivity index is 1.10. The molecule has 5 heteroatoms. The van der Waals surface area contributed by atoms with Gasteiger partial charge in [0.05, 0.1) is 22.4 Å². The summed E-state index contributed by atoms with van der Waals surface area (Å²) in [7, 11) is 0. The molecule has 4 nitrogen and oxygen atoms in total. The molecule has 85 heavy (non-hydrogen) atoms. The molecule has 0 spiro atoms. The van der Waals surface area contributed by atoms with E-state index in [4.69, 9.17) is 4.42 Å².